The maximum Gasteiger partial charge on any atom is 0.300 e. The van der Waals surface area contributed by atoms with Gasteiger partial charge in [0.05, 0.1) is 76.6 Å². The lowest BCUT2D eigenvalue weighted by Gasteiger charge is -2.13. The van der Waals surface area contributed by atoms with Crippen LogP contribution in [0.5, 0.6) is 57.5 Å². The molecule has 0 atom stereocenters. The lowest BCUT2D eigenvalue weighted by Crippen LogP contribution is -2.25. The number of hydrogen-bond acceptors (Lipinski definition) is 27. The van der Waals surface area contributed by atoms with Crippen molar-refractivity contribution < 1.29 is 124 Å². The summed E-state index contributed by atoms with van der Waals surface area (Å²) >= 11 is 0. The molecule has 30 nitrogen and oxygen atoms in total. The number of ketones is 5. The molecular formula is C93H115N3O27S5. The summed E-state index contributed by atoms with van der Waals surface area (Å²) in [6, 6.07) is 45.1. The molecule has 0 spiro atoms. The van der Waals surface area contributed by atoms with E-state index in [-0.39, 0.29) is 165 Å². The highest BCUT2D eigenvalue weighted by atomic mass is 32.2. The molecule has 0 aliphatic rings. The highest BCUT2D eigenvalue weighted by Gasteiger charge is 2.32. The Bertz CT molecular complexity index is 5230. The average molecular weight is 1870 g/mol. The van der Waals surface area contributed by atoms with Crippen LogP contribution in [-0.4, -0.2) is 165 Å². The fraction of sp³-hybridized carbons (Fsp3) is 0.301. The van der Waals surface area contributed by atoms with E-state index >= 15 is 0 Å². The molecule has 10 rings (SSSR count). The van der Waals surface area contributed by atoms with Gasteiger partial charge in [0.25, 0.3) is 0 Å². The molecule has 0 aromatic heterocycles. The zero-order valence-electron chi connectivity index (χ0n) is 71.7. The SMILES string of the molecule is C.C.C.CCCNS(=O)(=O)c1cc(C(=O)c2ccc(C)cc2)c(O)cc1OC.CCCNS(=O)(=O)c1cc(C(=O)c2ccc(C)cc2)c(O)cc1OC.CCCNS(=O)(=O)c1cc(C(=O)c2ccc(C)cc2)c(O)cc1OC.CCCOS(=O)(=O)c1cc(C(=O)c2ccc(C)cc2)c(O)cc1OC.CCCOS(=O)(=O)c1cc(C(=O)c2ccc(C)cc2)c(O)cc1OC. The maximum absolute atomic E-state index is 12.7. The first-order valence-electron chi connectivity index (χ1n) is 38.9. The molecule has 694 valence electrons. The van der Waals surface area contributed by atoms with Crippen LogP contribution in [0.25, 0.3) is 0 Å². The predicted molar refractivity (Wildman–Crippen MR) is 490 cm³/mol. The number of carbonyl (C=O) groups is 5. The summed E-state index contributed by atoms with van der Waals surface area (Å²) in [4.78, 5) is 62.1. The molecule has 0 radical (unpaired) electrons. The van der Waals surface area contributed by atoms with Crippen LogP contribution in [0.1, 0.15) is 196 Å². The number of methoxy groups -OCH3 is 5. The molecule has 128 heavy (non-hydrogen) atoms. The summed E-state index contributed by atoms with van der Waals surface area (Å²) in [5, 5.41) is 50.8. The first-order chi connectivity index (χ1) is 59.0. The van der Waals surface area contributed by atoms with E-state index in [9.17, 15) is 91.6 Å². The standard InChI is InChI=1S/3C18H21NO5S.2C18H20O6S.3CH4/c3*1-4-9-19-25(22,23)17-10-14(15(20)11-16(17)24-3)18(21)13-7-5-12(2)6-8-13;2*1-4-9-24-25(21,22)17-10-14(15(19)11-16(17)23-3)18(20)13-7-5-12(2)6-8-13;;;/h3*5-8,10-11,19-20H,4,9H2,1-3H3;2*5-8,10-11,19H,4,9H2,1-3H3;3*1H4. The topological polar surface area (TPSA) is 458 Å². The Kier molecular flexibility index (Phi) is 43.1. The van der Waals surface area contributed by atoms with Gasteiger partial charge in [0.15, 0.2) is 28.9 Å². The average Bonchev–Trinajstić information content (AvgIpc) is 0.803. The molecule has 0 fully saturated rings. The molecule has 10 aromatic rings. The second-order valence-corrected chi connectivity index (χ2v) is 36.2. The van der Waals surface area contributed by atoms with Gasteiger partial charge < -0.3 is 49.2 Å². The van der Waals surface area contributed by atoms with Crippen molar-refractivity contribution in [3.63, 3.8) is 0 Å². The molecule has 0 heterocycles. The number of aryl methyl sites for hydroxylation is 5. The zero-order valence-corrected chi connectivity index (χ0v) is 75.7. The van der Waals surface area contributed by atoms with Gasteiger partial charge in [-0.3, -0.25) is 32.3 Å². The van der Waals surface area contributed by atoms with Crippen molar-refractivity contribution in [2.45, 2.75) is 148 Å². The van der Waals surface area contributed by atoms with E-state index in [1.807, 2.05) is 55.4 Å². The normalized spacial score (nSPS) is 11.1. The summed E-state index contributed by atoms with van der Waals surface area (Å²) in [7, 11) is -13.4. The monoisotopic (exact) mass is 1870 g/mol. The van der Waals surface area contributed by atoms with Crippen molar-refractivity contribution in [2.24, 2.45) is 0 Å². The van der Waals surface area contributed by atoms with Crippen molar-refractivity contribution in [3.05, 3.63) is 265 Å². The Balaban J connectivity index is 0.000000410. The highest BCUT2D eigenvalue weighted by molar-refractivity contribution is 7.90. The van der Waals surface area contributed by atoms with E-state index in [0.29, 0.717) is 59.9 Å². The van der Waals surface area contributed by atoms with E-state index in [4.69, 9.17) is 32.1 Å². The molecule has 0 saturated carbocycles. The van der Waals surface area contributed by atoms with Gasteiger partial charge in [-0.1, -0.05) is 206 Å². The molecule has 0 saturated heterocycles. The third-order valence-electron chi connectivity index (χ3n) is 18.1. The lowest BCUT2D eigenvalue weighted by molar-refractivity contribution is 0.102. The Morgan fingerprint density at radius 1 is 0.266 bits per heavy atom. The third kappa shape index (κ3) is 29.3. The number of sulfonamides is 3. The van der Waals surface area contributed by atoms with Crippen molar-refractivity contribution in [2.75, 3.05) is 68.4 Å². The van der Waals surface area contributed by atoms with Gasteiger partial charge in [0.1, 0.15) is 82.0 Å². The second-order valence-electron chi connectivity index (χ2n) is 27.8. The van der Waals surface area contributed by atoms with Crippen LogP contribution in [0.3, 0.4) is 0 Å². The maximum atomic E-state index is 12.7. The van der Waals surface area contributed by atoms with E-state index in [1.165, 1.54) is 35.5 Å². The van der Waals surface area contributed by atoms with Crippen molar-refractivity contribution in [3.8, 4) is 57.5 Å². The van der Waals surface area contributed by atoms with Gasteiger partial charge in [-0.2, -0.15) is 16.8 Å². The van der Waals surface area contributed by atoms with E-state index in [0.717, 1.165) is 88.5 Å². The van der Waals surface area contributed by atoms with E-state index in [2.05, 4.69) is 14.2 Å². The quantitative estimate of drug-likeness (QED) is 0.0135. The number of phenolic OH excluding ortho intramolecular Hbond substituents is 5. The first kappa shape index (κ1) is 110. The minimum atomic E-state index is -4.12. The fourth-order valence-corrected chi connectivity index (χ4v) is 17.5. The van der Waals surface area contributed by atoms with Crippen molar-refractivity contribution in [1.29, 1.82) is 0 Å². The summed E-state index contributed by atoms with van der Waals surface area (Å²) in [5.74, 6) is -4.38. The smallest absolute Gasteiger partial charge is 0.300 e. The first-order valence-corrected chi connectivity index (χ1v) is 46.2. The van der Waals surface area contributed by atoms with Gasteiger partial charge >= 0.3 is 20.2 Å². The molecule has 0 amide bonds. The van der Waals surface area contributed by atoms with Crippen LogP contribution in [0.15, 0.2) is 206 Å². The van der Waals surface area contributed by atoms with Crippen LogP contribution in [0.2, 0.25) is 0 Å². The fourth-order valence-electron chi connectivity index (χ4n) is 11.2. The van der Waals surface area contributed by atoms with Crippen molar-refractivity contribution >= 4 is 79.2 Å². The number of rotatable bonds is 35. The Morgan fingerprint density at radius 3 is 0.586 bits per heavy atom. The zero-order chi connectivity index (χ0) is 93.1. The number of nitrogens with one attached hydrogen (secondary N) is 3. The van der Waals surface area contributed by atoms with Gasteiger partial charge in [-0.05, 0) is 97.1 Å². The molecule has 0 aliphatic heterocycles. The van der Waals surface area contributed by atoms with E-state index < -0.39 is 79.2 Å². The largest absolute Gasteiger partial charge is 0.507 e. The number of carbonyl (C=O) groups excluding carboxylic acids is 5. The molecule has 0 bridgehead atoms. The molecule has 35 heteroatoms. The van der Waals surface area contributed by atoms with Gasteiger partial charge in [0.2, 0.25) is 30.1 Å². The lowest BCUT2D eigenvalue weighted by atomic mass is 10.0. The van der Waals surface area contributed by atoms with Gasteiger partial charge in [-0.15, -0.1) is 0 Å². The van der Waals surface area contributed by atoms with Crippen LogP contribution in [0.4, 0.5) is 0 Å². The molecule has 0 aliphatic carbocycles. The number of hydrogen-bond donors (Lipinski definition) is 8. The molecule has 0 unspecified atom stereocenters. The van der Waals surface area contributed by atoms with Crippen LogP contribution in [0, 0.1) is 34.6 Å². The molecular weight excluding hydrogens is 1750 g/mol. The summed E-state index contributed by atoms with van der Waals surface area (Å²) in [5.41, 5.74) is 6.11. The summed E-state index contributed by atoms with van der Waals surface area (Å²) in [6.45, 7) is 19.3. The number of phenols is 5. The minimum absolute atomic E-state index is 0. The third-order valence-corrected chi connectivity index (χ3v) is 25.2. The van der Waals surface area contributed by atoms with Gasteiger partial charge in [-0.25, -0.2) is 39.4 Å². The number of ether oxygens (including phenoxy) is 5. The number of aromatic hydroxyl groups is 5. The number of benzene rings is 10. The Morgan fingerprint density at radius 2 is 0.430 bits per heavy atom. The van der Waals surface area contributed by atoms with Crippen molar-refractivity contribution in [1.82, 2.24) is 14.2 Å². The van der Waals surface area contributed by atoms with Crippen LogP contribution < -0.4 is 37.9 Å². The highest BCUT2D eigenvalue weighted by Crippen LogP contribution is 2.39. The van der Waals surface area contributed by atoms with Gasteiger partial charge in [0, 0.05) is 77.8 Å². The van der Waals surface area contributed by atoms with Crippen LogP contribution in [-0.2, 0) is 58.7 Å². The van der Waals surface area contributed by atoms with E-state index in [1.54, 1.807) is 135 Å². The molecule has 10 aromatic carbocycles. The Labute approximate surface area is 751 Å². The predicted octanol–water partition coefficient (Wildman–Crippen LogP) is 15.9. The second kappa shape index (κ2) is 50.0. The Hall–Kier alpha value is -11.9. The summed E-state index contributed by atoms with van der Waals surface area (Å²) in [6.07, 6.45) is 2.88. The molecule has 8 N–H and O–H groups in total. The summed E-state index contributed by atoms with van der Waals surface area (Å²) < 4.78 is 166. The minimum Gasteiger partial charge on any atom is -0.507 e. The van der Waals surface area contributed by atoms with Crippen LogP contribution >= 0.6 is 0 Å².